The Morgan fingerprint density at radius 3 is 2.96 bits per heavy atom. The molecule has 0 radical (unpaired) electrons. The van der Waals surface area contributed by atoms with Gasteiger partial charge in [-0.15, -0.1) is 0 Å². The van der Waals surface area contributed by atoms with Crippen LogP contribution in [0.3, 0.4) is 0 Å². The zero-order valence-electron chi connectivity index (χ0n) is 14.3. The van der Waals surface area contributed by atoms with Crippen LogP contribution in [-0.4, -0.2) is 29.3 Å². The minimum absolute atomic E-state index is 0.135. The van der Waals surface area contributed by atoms with Crippen LogP contribution in [0.2, 0.25) is 0 Å². The van der Waals surface area contributed by atoms with Gasteiger partial charge in [-0.2, -0.15) is 5.26 Å². The molecule has 0 bridgehead atoms. The largest absolute Gasteiger partial charge is 0.486 e. The number of nitrogens with two attached hydrogens (primary N) is 1. The molecule has 136 valence electrons. The van der Waals surface area contributed by atoms with E-state index in [1.165, 1.54) is 18.5 Å². The van der Waals surface area contributed by atoms with Crippen molar-refractivity contribution in [3.8, 4) is 11.8 Å². The Hall–Kier alpha value is -3.44. The molecule has 27 heavy (non-hydrogen) atoms. The summed E-state index contributed by atoms with van der Waals surface area (Å²) >= 11 is 0. The van der Waals surface area contributed by atoms with Crippen LogP contribution >= 0.6 is 0 Å². The first-order valence-electron chi connectivity index (χ1n) is 8.39. The first kappa shape index (κ1) is 17.0. The van der Waals surface area contributed by atoms with E-state index in [4.69, 9.17) is 15.2 Å². The van der Waals surface area contributed by atoms with Gasteiger partial charge in [0.2, 0.25) is 0 Å². The number of anilines is 3. The highest BCUT2D eigenvalue weighted by Crippen LogP contribution is 2.33. The summed E-state index contributed by atoms with van der Waals surface area (Å²) in [5.74, 6) is 0.356. The van der Waals surface area contributed by atoms with E-state index >= 15 is 0 Å². The second-order valence-electron chi connectivity index (χ2n) is 6.17. The predicted molar refractivity (Wildman–Crippen MR) is 98.2 cm³/mol. The molecule has 7 nitrogen and oxygen atoms in total. The lowest BCUT2D eigenvalue weighted by molar-refractivity contribution is 0.141. The van der Waals surface area contributed by atoms with Crippen LogP contribution in [0.15, 0.2) is 36.7 Å². The van der Waals surface area contributed by atoms with E-state index in [-0.39, 0.29) is 6.10 Å². The number of nitrogens with one attached hydrogen (secondary N) is 1. The molecular weight excluding hydrogens is 349 g/mol. The monoisotopic (exact) mass is 365 g/mol. The minimum atomic E-state index is -0.410. The fraction of sp³-hybridized carbons (Fsp3) is 0.211. The van der Waals surface area contributed by atoms with Gasteiger partial charge in [0.1, 0.15) is 35.9 Å². The van der Waals surface area contributed by atoms with E-state index < -0.39 is 5.82 Å². The number of fused-ring (bicyclic) bond motifs is 1. The number of nitrogens with zero attached hydrogens (tertiary/aromatic N) is 3. The summed E-state index contributed by atoms with van der Waals surface area (Å²) in [6.07, 6.45) is 1.98. The zero-order chi connectivity index (χ0) is 18.8. The molecule has 1 saturated heterocycles. The SMILES string of the molecule is N#Cc1cc(N)cc2ncnc(Nc3ccc(F)cc3OC3CCOC3)c12. The van der Waals surface area contributed by atoms with Gasteiger partial charge < -0.3 is 20.5 Å². The lowest BCUT2D eigenvalue weighted by Gasteiger charge is -2.17. The van der Waals surface area contributed by atoms with E-state index in [0.29, 0.717) is 52.6 Å². The van der Waals surface area contributed by atoms with E-state index in [1.807, 2.05) is 0 Å². The van der Waals surface area contributed by atoms with Crippen molar-refractivity contribution in [1.82, 2.24) is 9.97 Å². The zero-order valence-corrected chi connectivity index (χ0v) is 14.3. The summed E-state index contributed by atoms with van der Waals surface area (Å²) in [5, 5.41) is 13.1. The van der Waals surface area contributed by atoms with Crippen molar-refractivity contribution in [3.63, 3.8) is 0 Å². The lowest BCUT2D eigenvalue weighted by atomic mass is 10.1. The Kier molecular flexibility index (Phi) is 4.44. The summed E-state index contributed by atoms with van der Waals surface area (Å²) in [6, 6.07) is 9.55. The van der Waals surface area contributed by atoms with E-state index in [0.717, 1.165) is 6.42 Å². The number of benzene rings is 2. The normalized spacial score (nSPS) is 16.2. The van der Waals surface area contributed by atoms with Crippen LogP contribution < -0.4 is 15.8 Å². The Balaban J connectivity index is 1.75. The number of hydrogen-bond acceptors (Lipinski definition) is 7. The third-order valence-corrected chi connectivity index (χ3v) is 4.26. The minimum Gasteiger partial charge on any atom is -0.486 e. The molecule has 2 aromatic carbocycles. The highest BCUT2D eigenvalue weighted by atomic mass is 19.1. The molecule has 1 fully saturated rings. The highest BCUT2D eigenvalue weighted by molar-refractivity contribution is 5.97. The van der Waals surface area contributed by atoms with Crippen molar-refractivity contribution >= 4 is 28.1 Å². The highest BCUT2D eigenvalue weighted by Gasteiger charge is 2.20. The molecule has 1 atom stereocenters. The number of aromatic nitrogens is 2. The second-order valence-corrected chi connectivity index (χ2v) is 6.17. The summed E-state index contributed by atoms with van der Waals surface area (Å²) in [5.41, 5.74) is 7.69. The molecule has 0 aliphatic carbocycles. The van der Waals surface area contributed by atoms with Crippen molar-refractivity contribution < 1.29 is 13.9 Å². The van der Waals surface area contributed by atoms with Crippen molar-refractivity contribution in [3.05, 3.63) is 48.0 Å². The molecule has 1 aliphatic heterocycles. The van der Waals surface area contributed by atoms with Gasteiger partial charge in [-0.3, -0.25) is 0 Å². The molecule has 1 unspecified atom stereocenters. The average Bonchev–Trinajstić information content (AvgIpc) is 3.16. The van der Waals surface area contributed by atoms with Crippen molar-refractivity contribution in [2.75, 3.05) is 24.3 Å². The lowest BCUT2D eigenvalue weighted by Crippen LogP contribution is -2.16. The summed E-state index contributed by atoms with van der Waals surface area (Å²) in [4.78, 5) is 8.43. The Labute approximate surface area is 154 Å². The van der Waals surface area contributed by atoms with Crippen molar-refractivity contribution in [1.29, 1.82) is 5.26 Å². The first-order chi connectivity index (χ1) is 13.1. The molecule has 2 heterocycles. The number of halogens is 1. The van der Waals surface area contributed by atoms with Gasteiger partial charge in [0.15, 0.2) is 0 Å². The van der Waals surface area contributed by atoms with E-state index in [9.17, 15) is 9.65 Å². The number of rotatable bonds is 4. The standard InChI is InChI=1S/C19H16FN5O2/c20-12-1-2-15(17(6-12)27-14-3-4-26-9-14)25-19-18-11(8-21)5-13(22)7-16(18)23-10-24-19/h1-2,5-7,10,14H,3-4,9,22H2,(H,23,24,25). The van der Waals surface area contributed by atoms with E-state index in [2.05, 4.69) is 21.4 Å². The molecule has 1 aromatic heterocycles. The molecule has 8 heteroatoms. The first-order valence-corrected chi connectivity index (χ1v) is 8.39. The number of ether oxygens (including phenoxy) is 2. The van der Waals surface area contributed by atoms with Crippen LogP contribution in [0.5, 0.6) is 5.75 Å². The fourth-order valence-electron chi connectivity index (χ4n) is 3.01. The van der Waals surface area contributed by atoms with Gasteiger partial charge in [-0.05, 0) is 24.3 Å². The van der Waals surface area contributed by atoms with Gasteiger partial charge in [-0.25, -0.2) is 14.4 Å². The number of nitriles is 1. The molecule has 0 spiro atoms. The van der Waals surface area contributed by atoms with Gasteiger partial charge in [0.05, 0.1) is 35.4 Å². The maximum atomic E-state index is 13.8. The smallest absolute Gasteiger partial charge is 0.146 e. The second kappa shape index (κ2) is 7.05. The van der Waals surface area contributed by atoms with Gasteiger partial charge in [-0.1, -0.05) is 0 Å². The van der Waals surface area contributed by atoms with Crippen molar-refractivity contribution in [2.24, 2.45) is 0 Å². The molecular formula is C19H16FN5O2. The number of hydrogen-bond donors (Lipinski definition) is 2. The predicted octanol–water partition coefficient (Wildman–Crippen LogP) is 3.13. The molecule has 1 aliphatic rings. The Bertz CT molecular complexity index is 1040. The van der Waals surface area contributed by atoms with Crippen LogP contribution in [0, 0.1) is 17.1 Å². The Morgan fingerprint density at radius 2 is 2.19 bits per heavy atom. The quantitative estimate of drug-likeness (QED) is 0.684. The molecule has 3 aromatic rings. The third kappa shape index (κ3) is 3.45. The van der Waals surface area contributed by atoms with Gasteiger partial charge in [0, 0.05) is 18.2 Å². The number of nitrogen functional groups attached to an aromatic ring is 1. The molecule has 0 saturated carbocycles. The van der Waals surface area contributed by atoms with Crippen LogP contribution in [0.1, 0.15) is 12.0 Å². The Morgan fingerprint density at radius 1 is 1.30 bits per heavy atom. The van der Waals surface area contributed by atoms with Gasteiger partial charge >= 0.3 is 0 Å². The van der Waals surface area contributed by atoms with Gasteiger partial charge in [0.25, 0.3) is 0 Å². The third-order valence-electron chi connectivity index (χ3n) is 4.26. The van der Waals surface area contributed by atoms with Crippen LogP contribution in [-0.2, 0) is 4.74 Å². The fourth-order valence-corrected chi connectivity index (χ4v) is 3.01. The summed E-state index contributed by atoms with van der Waals surface area (Å²) in [7, 11) is 0. The molecule has 0 amide bonds. The molecule has 4 rings (SSSR count). The topological polar surface area (TPSA) is 106 Å². The average molecular weight is 365 g/mol. The molecule has 3 N–H and O–H groups in total. The summed E-state index contributed by atoms with van der Waals surface area (Å²) in [6.45, 7) is 1.08. The van der Waals surface area contributed by atoms with Crippen LogP contribution in [0.25, 0.3) is 10.9 Å². The van der Waals surface area contributed by atoms with Crippen LogP contribution in [0.4, 0.5) is 21.6 Å². The maximum Gasteiger partial charge on any atom is 0.146 e. The van der Waals surface area contributed by atoms with E-state index in [1.54, 1.807) is 18.2 Å². The maximum absolute atomic E-state index is 13.8. The summed E-state index contributed by atoms with van der Waals surface area (Å²) < 4.78 is 25.0. The van der Waals surface area contributed by atoms with Crippen molar-refractivity contribution in [2.45, 2.75) is 12.5 Å².